The van der Waals surface area contributed by atoms with Crippen molar-refractivity contribution in [2.24, 2.45) is 5.92 Å². The monoisotopic (exact) mass is 361 g/mol. The Morgan fingerprint density at radius 2 is 1.83 bits per heavy atom. The molecule has 1 atom stereocenters. The van der Waals surface area contributed by atoms with Gasteiger partial charge in [-0.05, 0) is 59.2 Å². The minimum atomic E-state index is -0.998. The van der Waals surface area contributed by atoms with E-state index in [1.165, 1.54) is 0 Å². The lowest BCUT2D eigenvalue weighted by molar-refractivity contribution is -0.139. The van der Waals surface area contributed by atoms with Gasteiger partial charge in [-0.25, -0.2) is 4.79 Å². The standard InChI is InChI=1S/C13H16INO3/c1-8(2)7-11(13(17)18)15-12(16)9-3-5-10(14)6-4-9/h3-6,8,11H,7H2,1-2H3,(H,15,16)(H,17,18)/t11-/m1/s1. The van der Waals surface area contributed by atoms with Gasteiger partial charge in [0.15, 0.2) is 0 Å². The zero-order valence-corrected chi connectivity index (χ0v) is 12.5. The number of nitrogens with one attached hydrogen (secondary N) is 1. The Kier molecular flexibility index (Phi) is 5.58. The van der Waals surface area contributed by atoms with E-state index in [-0.39, 0.29) is 11.8 Å². The quantitative estimate of drug-likeness (QED) is 0.793. The Bertz CT molecular complexity index is 428. The second-order valence-corrected chi connectivity index (χ2v) is 5.75. The zero-order chi connectivity index (χ0) is 13.7. The van der Waals surface area contributed by atoms with Crippen LogP contribution >= 0.6 is 22.6 Å². The van der Waals surface area contributed by atoms with Crippen molar-refractivity contribution in [3.63, 3.8) is 0 Å². The summed E-state index contributed by atoms with van der Waals surface area (Å²) in [6, 6.07) is 6.16. The number of carbonyl (C=O) groups excluding carboxylic acids is 1. The van der Waals surface area contributed by atoms with Gasteiger partial charge in [0, 0.05) is 9.13 Å². The van der Waals surface area contributed by atoms with E-state index >= 15 is 0 Å². The molecule has 1 amide bonds. The molecule has 2 N–H and O–H groups in total. The first kappa shape index (κ1) is 14.9. The fourth-order valence-electron chi connectivity index (χ4n) is 1.54. The highest BCUT2D eigenvalue weighted by atomic mass is 127. The lowest BCUT2D eigenvalue weighted by Gasteiger charge is -2.16. The van der Waals surface area contributed by atoms with Crippen LogP contribution in [0.25, 0.3) is 0 Å². The molecule has 0 heterocycles. The van der Waals surface area contributed by atoms with Crippen molar-refractivity contribution >= 4 is 34.5 Å². The number of carbonyl (C=O) groups is 2. The summed E-state index contributed by atoms with van der Waals surface area (Å²) in [5.41, 5.74) is 0.477. The molecule has 0 saturated heterocycles. The molecule has 1 rings (SSSR count). The molecule has 18 heavy (non-hydrogen) atoms. The number of hydrogen-bond donors (Lipinski definition) is 2. The molecule has 0 radical (unpaired) electrons. The number of benzene rings is 1. The summed E-state index contributed by atoms with van der Waals surface area (Å²) in [5.74, 6) is -1.13. The molecule has 0 aromatic heterocycles. The number of amides is 1. The van der Waals surface area contributed by atoms with E-state index in [1.807, 2.05) is 26.0 Å². The van der Waals surface area contributed by atoms with E-state index in [9.17, 15) is 9.59 Å². The van der Waals surface area contributed by atoms with Crippen LogP contribution in [0, 0.1) is 9.49 Å². The predicted octanol–water partition coefficient (Wildman–Crippen LogP) is 2.52. The largest absolute Gasteiger partial charge is 0.480 e. The van der Waals surface area contributed by atoms with Gasteiger partial charge in [-0.15, -0.1) is 0 Å². The van der Waals surface area contributed by atoms with Crippen LogP contribution in [0.3, 0.4) is 0 Å². The molecule has 4 nitrogen and oxygen atoms in total. The average Bonchev–Trinajstić information content (AvgIpc) is 2.28. The maximum Gasteiger partial charge on any atom is 0.326 e. The third kappa shape index (κ3) is 4.64. The Morgan fingerprint density at radius 1 is 1.28 bits per heavy atom. The molecule has 1 aromatic rings. The summed E-state index contributed by atoms with van der Waals surface area (Å²) in [6.07, 6.45) is 0.422. The molecule has 0 aliphatic rings. The number of aliphatic carboxylic acids is 1. The highest BCUT2D eigenvalue weighted by Crippen LogP contribution is 2.09. The Balaban J connectivity index is 2.72. The van der Waals surface area contributed by atoms with E-state index in [2.05, 4.69) is 27.9 Å². The molecule has 0 aliphatic carbocycles. The Labute approximate surface area is 120 Å². The van der Waals surface area contributed by atoms with Crippen LogP contribution in [0.5, 0.6) is 0 Å². The fraction of sp³-hybridized carbons (Fsp3) is 0.385. The number of halogens is 1. The fourth-order valence-corrected chi connectivity index (χ4v) is 1.90. The van der Waals surface area contributed by atoms with Gasteiger partial charge in [0.2, 0.25) is 0 Å². The van der Waals surface area contributed by atoms with Crippen LogP contribution in [0.15, 0.2) is 24.3 Å². The van der Waals surface area contributed by atoms with Gasteiger partial charge in [0.25, 0.3) is 5.91 Å². The molecule has 0 bridgehead atoms. The van der Waals surface area contributed by atoms with E-state index < -0.39 is 12.0 Å². The van der Waals surface area contributed by atoms with Gasteiger partial charge in [-0.1, -0.05) is 13.8 Å². The third-order valence-corrected chi connectivity index (χ3v) is 3.14. The molecular formula is C13H16INO3. The topological polar surface area (TPSA) is 66.4 Å². The first-order chi connectivity index (χ1) is 8.40. The minimum Gasteiger partial charge on any atom is -0.480 e. The number of rotatable bonds is 5. The van der Waals surface area contributed by atoms with Gasteiger partial charge in [0.05, 0.1) is 0 Å². The molecule has 98 valence electrons. The van der Waals surface area contributed by atoms with Crippen LogP contribution in [-0.2, 0) is 4.79 Å². The van der Waals surface area contributed by atoms with Crippen molar-refractivity contribution in [2.45, 2.75) is 26.3 Å². The lowest BCUT2D eigenvalue weighted by atomic mass is 10.0. The molecule has 0 aliphatic heterocycles. The van der Waals surface area contributed by atoms with Crippen LogP contribution < -0.4 is 5.32 Å². The first-order valence-corrected chi connectivity index (χ1v) is 6.77. The summed E-state index contributed by atoms with van der Waals surface area (Å²) < 4.78 is 1.03. The second-order valence-electron chi connectivity index (χ2n) is 4.50. The third-order valence-electron chi connectivity index (χ3n) is 2.42. The zero-order valence-electron chi connectivity index (χ0n) is 10.3. The summed E-state index contributed by atoms with van der Waals surface area (Å²) in [7, 11) is 0. The highest BCUT2D eigenvalue weighted by Gasteiger charge is 2.21. The van der Waals surface area contributed by atoms with E-state index in [1.54, 1.807) is 12.1 Å². The number of carboxylic acid groups (broad SMARTS) is 1. The smallest absolute Gasteiger partial charge is 0.326 e. The Morgan fingerprint density at radius 3 is 2.28 bits per heavy atom. The van der Waals surface area contributed by atoms with E-state index in [0.29, 0.717) is 12.0 Å². The van der Waals surface area contributed by atoms with Crippen LogP contribution in [0.1, 0.15) is 30.6 Å². The first-order valence-electron chi connectivity index (χ1n) is 5.69. The summed E-state index contributed by atoms with van der Waals surface area (Å²) >= 11 is 2.15. The predicted molar refractivity (Wildman–Crippen MR) is 77.5 cm³/mol. The van der Waals surface area contributed by atoms with Crippen molar-refractivity contribution in [3.8, 4) is 0 Å². The Hall–Kier alpha value is -1.11. The van der Waals surface area contributed by atoms with Crippen molar-refractivity contribution in [1.29, 1.82) is 0 Å². The normalized spacial score (nSPS) is 12.2. The van der Waals surface area contributed by atoms with Gasteiger partial charge < -0.3 is 10.4 Å². The van der Waals surface area contributed by atoms with Crippen molar-refractivity contribution in [1.82, 2.24) is 5.32 Å². The molecule has 0 saturated carbocycles. The summed E-state index contributed by atoms with van der Waals surface area (Å²) in [5, 5.41) is 11.6. The maximum atomic E-state index is 11.9. The van der Waals surface area contributed by atoms with Gasteiger partial charge in [-0.3, -0.25) is 4.79 Å². The van der Waals surface area contributed by atoms with E-state index in [0.717, 1.165) is 3.57 Å². The molecule has 1 aromatic carbocycles. The van der Waals surface area contributed by atoms with Gasteiger partial charge in [-0.2, -0.15) is 0 Å². The highest BCUT2D eigenvalue weighted by molar-refractivity contribution is 14.1. The number of carboxylic acids is 1. The molecule has 0 unspecified atom stereocenters. The second kappa shape index (κ2) is 6.72. The maximum absolute atomic E-state index is 11.9. The van der Waals surface area contributed by atoms with Crippen LogP contribution in [0.2, 0.25) is 0 Å². The molecule has 0 spiro atoms. The SMILES string of the molecule is CC(C)C[C@@H](NC(=O)c1ccc(I)cc1)C(=O)O. The van der Waals surface area contributed by atoms with Crippen molar-refractivity contribution in [2.75, 3.05) is 0 Å². The average molecular weight is 361 g/mol. The van der Waals surface area contributed by atoms with Crippen molar-refractivity contribution in [3.05, 3.63) is 33.4 Å². The molecular weight excluding hydrogens is 345 g/mol. The van der Waals surface area contributed by atoms with Crippen LogP contribution in [0.4, 0.5) is 0 Å². The van der Waals surface area contributed by atoms with Gasteiger partial charge in [0.1, 0.15) is 6.04 Å². The number of hydrogen-bond acceptors (Lipinski definition) is 2. The minimum absolute atomic E-state index is 0.211. The van der Waals surface area contributed by atoms with Crippen LogP contribution in [-0.4, -0.2) is 23.0 Å². The van der Waals surface area contributed by atoms with E-state index in [4.69, 9.17) is 5.11 Å². The van der Waals surface area contributed by atoms with Crippen molar-refractivity contribution < 1.29 is 14.7 Å². The van der Waals surface area contributed by atoms with Gasteiger partial charge >= 0.3 is 5.97 Å². The summed E-state index contributed by atoms with van der Waals surface area (Å²) in [4.78, 5) is 22.9. The lowest BCUT2D eigenvalue weighted by Crippen LogP contribution is -2.41. The molecule has 5 heteroatoms. The molecule has 0 fully saturated rings. The summed E-state index contributed by atoms with van der Waals surface area (Å²) in [6.45, 7) is 3.85.